The number of piperidine rings is 1. The first-order valence-corrected chi connectivity index (χ1v) is 9.72. The average Bonchev–Trinajstić information content (AvgIpc) is 3.17. The molecular weight excluding hydrogens is 340 g/mol. The van der Waals surface area contributed by atoms with Gasteiger partial charge in [0.1, 0.15) is 5.69 Å². The van der Waals surface area contributed by atoms with Crippen molar-refractivity contribution >= 4 is 11.8 Å². The summed E-state index contributed by atoms with van der Waals surface area (Å²) in [6.07, 6.45) is 5.57. The summed E-state index contributed by atoms with van der Waals surface area (Å²) in [5.74, 6) is 0.447. The second-order valence-corrected chi connectivity index (χ2v) is 7.20. The minimum absolute atomic E-state index is 0.00898. The number of imidazole rings is 1. The van der Waals surface area contributed by atoms with Gasteiger partial charge in [0.25, 0.3) is 5.91 Å². The van der Waals surface area contributed by atoms with E-state index in [1.54, 1.807) is 12.5 Å². The zero-order chi connectivity index (χ0) is 19.2. The second kappa shape index (κ2) is 8.84. The summed E-state index contributed by atoms with van der Waals surface area (Å²) in [6, 6.07) is 9.99. The van der Waals surface area contributed by atoms with Gasteiger partial charge in [-0.2, -0.15) is 0 Å². The Balaban J connectivity index is 1.46. The number of nitrogens with one attached hydrogen (secondary N) is 1. The Morgan fingerprint density at radius 2 is 1.93 bits per heavy atom. The molecule has 0 radical (unpaired) electrons. The summed E-state index contributed by atoms with van der Waals surface area (Å²) in [7, 11) is 0. The van der Waals surface area contributed by atoms with Crippen LogP contribution in [0.4, 0.5) is 0 Å². The predicted octanol–water partition coefficient (Wildman–Crippen LogP) is 3.02. The van der Waals surface area contributed by atoms with Crippen LogP contribution in [-0.4, -0.2) is 39.4 Å². The lowest BCUT2D eigenvalue weighted by molar-refractivity contribution is -0.122. The molecule has 0 aliphatic carbocycles. The molecule has 1 aliphatic rings. The van der Waals surface area contributed by atoms with Crippen molar-refractivity contribution in [3.8, 4) is 0 Å². The minimum atomic E-state index is 0.00898. The Kier molecular flexibility index (Phi) is 6.27. The maximum absolute atomic E-state index is 12.7. The van der Waals surface area contributed by atoms with E-state index in [1.807, 2.05) is 53.6 Å². The monoisotopic (exact) mass is 368 g/mol. The Morgan fingerprint density at radius 1 is 1.22 bits per heavy atom. The molecule has 0 unspecified atom stereocenters. The highest BCUT2D eigenvalue weighted by molar-refractivity contribution is 5.92. The fourth-order valence-corrected chi connectivity index (χ4v) is 3.64. The average molecular weight is 368 g/mol. The van der Waals surface area contributed by atoms with E-state index in [4.69, 9.17) is 0 Å². The second-order valence-electron chi connectivity index (χ2n) is 7.20. The molecule has 1 N–H and O–H groups in total. The lowest BCUT2D eigenvalue weighted by Crippen LogP contribution is -2.40. The number of aromatic nitrogens is 2. The third-order valence-electron chi connectivity index (χ3n) is 5.32. The maximum atomic E-state index is 12.7. The lowest BCUT2D eigenvalue weighted by Gasteiger charge is -2.32. The van der Waals surface area contributed by atoms with Crippen LogP contribution in [0.2, 0.25) is 0 Å². The number of carbonyl (C=O) groups excluding carboxylic acids is 2. The number of benzene rings is 1. The molecule has 1 atom stereocenters. The van der Waals surface area contributed by atoms with Crippen LogP contribution in [0.3, 0.4) is 0 Å². The fourth-order valence-electron chi connectivity index (χ4n) is 3.64. The van der Waals surface area contributed by atoms with Gasteiger partial charge in [0, 0.05) is 26.1 Å². The van der Waals surface area contributed by atoms with Crippen molar-refractivity contribution in [2.24, 2.45) is 5.92 Å². The largest absolute Gasteiger partial charge is 0.350 e. The van der Waals surface area contributed by atoms with Crippen molar-refractivity contribution in [2.45, 2.75) is 45.7 Å². The summed E-state index contributed by atoms with van der Waals surface area (Å²) in [4.78, 5) is 31.0. The van der Waals surface area contributed by atoms with Gasteiger partial charge in [-0.1, -0.05) is 30.3 Å². The number of rotatable bonds is 6. The zero-order valence-electron chi connectivity index (χ0n) is 16.1. The Morgan fingerprint density at radius 3 is 2.59 bits per heavy atom. The first kappa shape index (κ1) is 19.1. The normalized spacial score (nSPS) is 16.1. The Bertz CT molecular complexity index is 763. The zero-order valence-corrected chi connectivity index (χ0v) is 16.1. The number of hydrogen-bond donors (Lipinski definition) is 1. The smallest absolute Gasteiger partial charge is 0.272 e. The quantitative estimate of drug-likeness (QED) is 0.852. The van der Waals surface area contributed by atoms with Crippen molar-refractivity contribution in [2.75, 3.05) is 13.1 Å². The summed E-state index contributed by atoms with van der Waals surface area (Å²) >= 11 is 0. The highest BCUT2D eigenvalue weighted by Gasteiger charge is 2.26. The molecule has 3 rings (SSSR count). The maximum Gasteiger partial charge on any atom is 0.272 e. The third-order valence-corrected chi connectivity index (χ3v) is 5.32. The van der Waals surface area contributed by atoms with Gasteiger partial charge in [-0.05, 0) is 38.2 Å². The molecule has 27 heavy (non-hydrogen) atoms. The SMILES string of the molecule is CCn1cncc1C(=O)N1CCC(CC(=O)N[C@@H](C)c2ccccc2)CC1. The fraction of sp³-hybridized carbons (Fsp3) is 0.476. The van der Waals surface area contributed by atoms with E-state index in [1.165, 1.54) is 0 Å². The predicted molar refractivity (Wildman–Crippen MR) is 104 cm³/mol. The molecule has 0 spiro atoms. The molecule has 0 saturated carbocycles. The third kappa shape index (κ3) is 4.76. The van der Waals surface area contributed by atoms with Crippen molar-refractivity contribution in [3.05, 3.63) is 54.1 Å². The van der Waals surface area contributed by atoms with E-state index in [9.17, 15) is 9.59 Å². The summed E-state index contributed by atoms with van der Waals surface area (Å²) in [6.45, 7) is 6.13. The number of hydrogen-bond acceptors (Lipinski definition) is 3. The molecule has 144 valence electrons. The van der Waals surface area contributed by atoms with Crippen molar-refractivity contribution in [3.63, 3.8) is 0 Å². The number of carbonyl (C=O) groups is 2. The minimum Gasteiger partial charge on any atom is -0.350 e. The summed E-state index contributed by atoms with van der Waals surface area (Å²) in [5, 5.41) is 3.08. The van der Waals surface area contributed by atoms with Crippen molar-refractivity contribution in [1.82, 2.24) is 19.8 Å². The molecule has 0 bridgehead atoms. The Labute approximate surface area is 160 Å². The standard InChI is InChI=1S/C21H28N4O2/c1-3-24-15-22-14-19(24)21(27)25-11-9-17(10-12-25)13-20(26)23-16(2)18-7-5-4-6-8-18/h4-8,14-17H,3,9-13H2,1-2H3,(H,23,26)/t16-/m0/s1. The van der Waals surface area contributed by atoms with E-state index in [0.29, 0.717) is 31.1 Å². The van der Waals surface area contributed by atoms with E-state index in [2.05, 4.69) is 10.3 Å². The van der Waals surface area contributed by atoms with Crippen LogP contribution in [0.15, 0.2) is 42.9 Å². The molecule has 1 aromatic carbocycles. The van der Waals surface area contributed by atoms with Gasteiger partial charge in [-0.3, -0.25) is 9.59 Å². The van der Waals surface area contributed by atoms with Crippen LogP contribution >= 0.6 is 0 Å². The van der Waals surface area contributed by atoms with Gasteiger partial charge in [0.15, 0.2) is 0 Å². The van der Waals surface area contributed by atoms with Crippen molar-refractivity contribution in [1.29, 1.82) is 0 Å². The summed E-state index contributed by atoms with van der Waals surface area (Å²) in [5.41, 5.74) is 1.75. The summed E-state index contributed by atoms with van der Waals surface area (Å²) < 4.78 is 1.87. The molecule has 1 aliphatic heterocycles. The molecular formula is C21H28N4O2. The molecule has 1 aromatic heterocycles. The van der Waals surface area contributed by atoms with Crippen LogP contribution in [-0.2, 0) is 11.3 Å². The van der Waals surface area contributed by atoms with E-state index in [-0.39, 0.29) is 17.9 Å². The van der Waals surface area contributed by atoms with Crippen LogP contribution in [0.5, 0.6) is 0 Å². The van der Waals surface area contributed by atoms with Gasteiger partial charge < -0.3 is 14.8 Å². The number of likely N-dealkylation sites (tertiary alicyclic amines) is 1. The van der Waals surface area contributed by atoms with Gasteiger partial charge in [-0.15, -0.1) is 0 Å². The molecule has 2 aromatic rings. The number of aryl methyl sites for hydroxylation is 1. The lowest BCUT2D eigenvalue weighted by atomic mass is 9.93. The van der Waals surface area contributed by atoms with Gasteiger partial charge in [0.05, 0.1) is 18.6 Å². The first-order chi connectivity index (χ1) is 13.1. The Hall–Kier alpha value is -2.63. The van der Waals surface area contributed by atoms with Gasteiger partial charge in [0.2, 0.25) is 5.91 Å². The topological polar surface area (TPSA) is 67.2 Å². The number of amides is 2. The van der Waals surface area contributed by atoms with E-state index in [0.717, 1.165) is 24.9 Å². The highest BCUT2D eigenvalue weighted by Crippen LogP contribution is 2.22. The number of nitrogens with zero attached hydrogens (tertiary/aromatic N) is 3. The van der Waals surface area contributed by atoms with Gasteiger partial charge >= 0.3 is 0 Å². The molecule has 1 fully saturated rings. The van der Waals surface area contributed by atoms with Crippen LogP contribution < -0.4 is 5.32 Å². The molecule has 6 heteroatoms. The molecule has 6 nitrogen and oxygen atoms in total. The van der Waals surface area contributed by atoms with E-state index < -0.39 is 0 Å². The molecule has 2 amide bonds. The van der Waals surface area contributed by atoms with Gasteiger partial charge in [-0.25, -0.2) is 4.98 Å². The van der Waals surface area contributed by atoms with Crippen LogP contribution in [0, 0.1) is 5.92 Å². The van der Waals surface area contributed by atoms with E-state index >= 15 is 0 Å². The van der Waals surface area contributed by atoms with Crippen molar-refractivity contribution < 1.29 is 9.59 Å². The first-order valence-electron chi connectivity index (χ1n) is 9.72. The van der Waals surface area contributed by atoms with Crippen LogP contribution in [0.1, 0.15) is 55.2 Å². The highest BCUT2D eigenvalue weighted by atomic mass is 16.2. The molecule has 1 saturated heterocycles. The molecule has 2 heterocycles. The van der Waals surface area contributed by atoms with Crippen LogP contribution in [0.25, 0.3) is 0 Å².